The van der Waals surface area contributed by atoms with Gasteiger partial charge < -0.3 is 0 Å². The van der Waals surface area contributed by atoms with Gasteiger partial charge in [0.2, 0.25) is 0 Å². The van der Waals surface area contributed by atoms with Crippen LogP contribution in [0.4, 0.5) is 0 Å². The lowest BCUT2D eigenvalue weighted by atomic mass is 10.1. The van der Waals surface area contributed by atoms with Gasteiger partial charge in [0.1, 0.15) is 11.0 Å². The number of rotatable bonds is 3. The second-order valence-corrected chi connectivity index (χ2v) is 5.18. The van der Waals surface area contributed by atoms with E-state index in [1.165, 1.54) is 11.1 Å². The molecule has 0 bridgehead atoms. The number of benzene rings is 1. The van der Waals surface area contributed by atoms with Crippen LogP contribution in [0.25, 0.3) is 0 Å². The molecule has 3 heteroatoms. The molecule has 1 aromatic heterocycles. The van der Waals surface area contributed by atoms with Crippen LogP contribution >= 0.6 is 11.6 Å². The van der Waals surface area contributed by atoms with Crippen molar-refractivity contribution in [2.75, 3.05) is 0 Å². The van der Waals surface area contributed by atoms with Crippen molar-refractivity contribution in [3.63, 3.8) is 0 Å². The van der Waals surface area contributed by atoms with E-state index < -0.39 is 0 Å². The van der Waals surface area contributed by atoms with Gasteiger partial charge in [-0.25, -0.2) is 9.97 Å². The van der Waals surface area contributed by atoms with E-state index in [1.807, 2.05) is 18.2 Å². The molecule has 0 fully saturated rings. The second kappa shape index (κ2) is 5.49. The normalized spacial score (nSPS) is 10.9. The summed E-state index contributed by atoms with van der Waals surface area (Å²) in [4.78, 5) is 8.88. The van der Waals surface area contributed by atoms with Crippen LogP contribution in [0, 0.1) is 6.92 Å². The van der Waals surface area contributed by atoms with Crippen LogP contribution < -0.4 is 0 Å². The molecule has 0 unspecified atom stereocenters. The summed E-state index contributed by atoms with van der Waals surface area (Å²) in [6.45, 7) is 6.32. The quantitative estimate of drug-likeness (QED) is 0.775. The molecule has 18 heavy (non-hydrogen) atoms. The third-order valence-electron chi connectivity index (χ3n) is 2.96. The molecule has 2 rings (SSSR count). The molecule has 2 nitrogen and oxygen atoms in total. The number of hydrogen-bond acceptors (Lipinski definition) is 2. The van der Waals surface area contributed by atoms with Crippen molar-refractivity contribution >= 4 is 11.6 Å². The van der Waals surface area contributed by atoms with Gasteiger partial charge in [0, 0.05) is 12.1 Å². The third-order valence-corrected chi connectivity index (χ3v) is 3.16. The highest BCUT2D eigenvalue weighted by Gasteiger charge is 2.08. The predicted molar refractivity (Wildman–Crippen MR) is 75.1 cm³/mol. The van der Waals surface area contributed by atoms with E-state index in [-0.39, 0.29) is 0 Å². The van der Waals surface area contributed by atoms with Crippen LogP contribution in [0.1, 0.15) is 42.4 Å². The van der Waals surface area contributed by atoms with Gasteiger partial charge in [-0.15, -0.1) is 0 Å². The maximum Gasteiger partial charge on any atom is 0.134 e. The molecule has 0 aliphatic rings. The summed E-state index contributed by atoms with van der Waals surface area (Å²) in [7, 11) is 0. The van der Waals surface area contributed by atoms with Crippen LogP contribution in [0.3, 0.4) is 0 Å². The first-order chi connectivity index (χ1) is 8.56. The first-order valence-electron chi connectivity index (χ1n) is 6.14. The Balaban J connectivity index is 2.32. The Morgan fingerprint density at radius 2 is 1.89 bits per heavy atom. The minimum Gasteiger partial charge on any atom is -0.237 e. The molecule has 1 heterocycles. The zero-order chi connectivity index (χ0) is 13.1. The van der Waals surface area contributed by atoms with Crippen LogP contribution in [0.2, 0.25) is 5.15 Å². The molecule has 0 spiro atoms. The molecule has 0 saturated carbocycles. The molecule has 0 saturated heterocycles. The van der Waals surface area contributed by atoms with Crippen LogP contribution in [0.5, 0.6) is 0 Å². The summed E-state index contributed by atoms with van der Waals surface area (Å²) in [6.07, 6.45) is 0.729. The van der Waals surface area contributed by atoms with E-state index in [1.54, 1.807) is 0 Å². The molecule has 94 valence electrons. The predicted octanol–water partition coefficient (Wildman–Crippen LogP) is 4.15. The van der Waals surface area contributed by atoms with Crippen molar-refractivity contribution < 1.29 is 0 Å². The standard InChI is InChI=1S/C15H17ClN2/c1-10(2)13-9-14(16)18-15(17-13)8-12-7-5-4-6-11(12)3/h4-7,9-10H,8H2,1-3H3. The highest BCUT2D eigenvalue weighted by atomic mass is 35.5. The summed E-state index contributed by atoms with van der Waals surface area (Å²) in [6, 6.07) is 10.1. The molecule has 0 radical (unpaired) electrons. The summed E-state index contributed by atoms with van der Waals surface area (Å²) >= 11 is 6.05. The average molecular weight is 261 g/mol. The molecule has 0 N–H and O–H groups in total. The smallest absolute Gasteiger partial charge is 0.134 e. The summed E-state index contributed by atoms with van der Waals surface area (Å²) in [5.74, 6) is 1.15. The van der Waals surface area contributed by atoms with E-state index in [2.05, 4.69) is 42.9 Å². The fraction of sp³-hybridized carbons (Fsp3) is 0.333. The molecule has 0 amide bonds. The minimum absolute atomic E-state index is 0.362. The van der Waals surface area contributed by atoms with Crippen LogP contribution in [-0.2, 0) is 6.42 Å². The maximum absolute atomic E-state index is 6.05. The van der Waals surface area contributed by atoms with E-state index in [4.69, 9.17) is 11.6 Å². The molecule has 0 aliphatic heterocycles. The lowest BCUT2D eigenvalue weighted by molar-refractivity contribution is 0.791. The van der Waals surface area contributed by atoms with Gasteiger partial charge in [-0.05, 0) is 30.0 Å². The minimum atomic E-state index is 0.362. The van der Waals surface area contributed by atoms with E-state index in [9.17, 15) is 0 Å². The lowest BCUT2D eigenvalue weighted by Gasteiger charge is -2.09. The third kappa shape index (κ3) is 3.08. The van der Waals surface area contributed by atoms with Crippen molar-refractivity contribution in [2.45, 2.75) is 33.1 Å². The number of hydrogen-bond donors (Lipinski definition) is 0. The Morgan fingerprint density at radius 3 is 2.56 bits per heavy atom. The van der Waals surface area contributed by atoms with Crippen molar-refractivity contribution in [3.8, 4) is 0 Å². The van der Waals surface area contributed by atoms with Crippen molar-refractivity contribution in [1.82, 2.24) is 9.97 Å². The number of nitrogens with zero attached hydrogens (tertiary/aromatic N) is 2. The average Bonchev–Trinajstić information content (AvgIpc) is 2.31. The van der Waals surface area contributed by atoms with Crippen molar-refractivity contribution in [2.24, 2.45) is 0 Å². The molecular formula is C15H17ClN2. The zero-order valence-corrected chi connectivity index (χ0v) is 11.7. The lowest BCUT2D eigenvalue weighted by Crippen LogP contribution is -2.03. The Bertz CT molecular complexity index is 550. The summed E-state index contributed by atoms with van der Waals surface area (Å²) in [5.41, 5.74) is 3.50. The van der Waals surface area contributed by atoms with Gasteiger partial charge in [-0.3, -0.25) is 0 Å². The van der Waals surface area contributed by atoms with Crippen LogP contribution in [0.15, 0.2) is 30.3 Å². The monoisotopic (exact) mass is 260 g/mol. The zero-order valence-electron chi connectivity index (χ0n) is 10.9. The fourth-order valence-corrected chi connectivity index (χ4v) is 2.05. The topological polar surface area (TPSA) is 25.8 Å². The SMILES string of the molecule is Cc1ccccc1Cc1nc(Cl)cc(C(C)C)n1. The Kier molecular flexibility index (Phi) is 3.97. The second-order valence-electron chi connectivity index (χ2n) is 4.79. The molecule has 2 aromatic rings. The Morgan fingerprint density at radius 1 is 1.17 bits per heavy atom. The van der Waals surface area contributed by atoms with Gasteiger partial charge in [-0.2, -0.15) is 0 Å². The first kappa shape index (κ1) is 13.0. The van der Waals surface area contributed by atoms with E-state index in [0.717, 1.165) is 17.9 Å². The Labute approximate surface area is 113 Å². The highest BCUT2D eigenvalue weighted by molar-refractivity contribution is 6.29. The highest BCUT2D eigenvalue weighted by Crippen LogP contribution is 2.18. The first-order valence-corrected chi connectivity index (χ1v) is 6.52. The number of halogens is 1. The number of aryl methyl sites for hydroxylation is 1. The van der Waals surface area contributed by atoms with Gasteiger partial charge >= 0.3 is 0 Å². The van der Waals surface area contributed by atoms with E-state index in [0.29, 0.717) is 11.1 Å². The fourth-order valence-electron chi connectivity index (χ4n) is 1.84. The molecule has 0 aliphatic carbocycles. The Hall–Kier alpha value is -1.41. The van der Waals surface area contributed by atoms with Crippen molar-refractivity contribution in [3.05, 3.63) is 58.1 Å². The molecular weight excluding hydrogens is 244 g/mol. The largest absolute Gasteiger partial charge is 0.237 e. The maximum atomic E-state index is 6.05. The van der Waals surface area contributed by atoms with Gasteiger partial charge in [0.15, 0.2) is 0 Å². The van der Waals surface area contributed by atoms with Gasteiger partial charge in [0.25, 0.3) is 0 Å². The van der Waals surface area contributed by atoms with E-state index >= 15 is 0 Å². The van der Waals surface area contributed by atoms with Crippen molar-refractivity contribution in [1.29, 1.82) is 0 Å². The molecule has 1 aromatic carbocycles. The summed E-state index contributed by atoms with van der Waals surface area (Å²) < 4.78 is 0. The van der Waals surface area contributed by atoms with Crippen LogP contribution in [-0.4, -0.2) is 9.97 Å². The summed E-state index contributed by atoms with van der Waals surface area (Å²) in [5, 5.41) is 0.525. The van der Waals surface area contributed by atoms with Gasteiger partial charge in [-0.1, -0.05) is 49.7 Å². The number of aromatic nitrogens is 2. The molecule has 0 atom stereocenters. The van der Waals surface area contributed by atoms with Gasteiger partial charge in [0.05, 0.1) is 0 Å².